The molecule has 2 amide bonds. The van der Waals surface area contributed by atoms with Crippen molar-refractivity contribution in [3.8, 4) is 0 Å². The van der Waals surface area contributed by atoms with E-state index in [9.17, 15) is 14.0 Å². The van der Waals surface area contributed by atoms with Gasteiger partial charge in [0.15, 0.2) is 0 Å². The summed E-state index contributed by atoms with van der Waals surface area (Å²) in [5, 5.41) is 3.11. The second kappa shape index (κ2) is 10.4. The lowest BCUT2D eigenvalue weighted by molar-refractivity contribution is -0.140. The van der Waals surface area contributed by atoms with Crippen LogP contribution in [0.2, 0.25) is 0 Å². The van der Waals surface area contributed by atoms with E-state index in [1.54, 1.807) is 0 Å². The van der Waals surface area contributed by atoms with Crippen molar-refractivity contribution in [1.29, 1.82) is 0 Å². The second-order valence-electron chi connectivity index (χ2n) is 11.3. The van der Waals surface area contributed by atoms with Gasteiger partial charge in [-0.15, -0.1) is 0 Å². The van der Waals surface area contributed by atoms with Gasteiger partial charge in [0.05, 0.1) is 0 Å². The molecule has 178 valence electrons. The van der Waals surface area contributed by atoms with Gasteiger partial charge in [-0.25, -0.2) is 4.39 Å². The van der Waals surface area contributed by atoms with Gasteiger partial charge in [0.2, 0.25) is 11.8 Å². The molecule has 0 radical (unpaired) electrons. The maximum atomic E-state index is 13.3. The van der Waals surface area contributed by atoms with E-state index in [0.29, 0.717) is 24.9 Å². The lowest BCUT2D eigenvalue weighted by Gasteiger charge is -2.38. The topological polar surface area (TPSA) is 49.4 Å². The van der Waals surface area contributed by atoms with Crippen molar-refractivity contribution in [3.63, 3.8) is 0 Å². The van der Waals surface area contributed by atoms with E-state index in [4.69, 9.17) is 0 Å². The van der Waals surface area contributed by atoms with E-state index in [1.807, 2.05) is 30.9 Å². The van der Waals surface area contributed by atoms with Crippen molar-refractivity contribution in [2.24, 2.45) is 23.2 Å². The molecule has 5 heteroatoms. The van der Waals surface area contributed by atoms with Crippen LogP contribution in [-0.2, 0) is 9.59 Å². The molecule has 1 saturated heterocycles. The molecule has 1 N–H and O–H groups in total. The maximum absolute atomic E-state index is 13.3. The predicted molar refractivity (Wildman–Crippen MR) is 127 cm³/mol. The van der Waals surface area contributed by atoms with E-state index >= 15 is 0 Å². The fourth-order valence-electron chi connectivity index (χ4n) is 5.37. The molecule has 0 bridgehead atoms. The van der Waals surface area contributed by atoms with Gasteiger partial charge in [0, 0.05) is 19.0 Å². The summed E-state index contributed by atoms with van der Waals surface area (Å²) in [7, 11) is 0. The molecule has 1 aromatic rings. The van der Waals surface area contributed by atoms with Crippen molar-refractivity contribution in [3.05, 3.63) is 35.6 Å². The summed E-state index contributed by atoms with van der Waals surface area (Å²) in [6, 6.07) is 6.25. The molecule has 1 saturated carbocycles. The monoisotopic (exact) mass is 444 g/mol. The fourth-order valence-corrected chi connectivity index (χ4v) is 5.37. The average Bonchev–Trinajstić information content (AvgIpc) is 2.77. The van der Waals surface area contributed by atoms with Crippen LogP contribution >= 0.6 is 0 Å². The third kappa shape index (κ3) is 6.11. The van der Waals surface area contributed by atoms with Gasteiger partial charge in [0.1, 0.15) is 11.9 Å². The van der Waals surface area contributed by atoms with Crippen molar-refractivity contribution in [2.45, 2.75) is 85.1 Å². The number of carbonyl (C=O) groups excluding carboxylic acids is 2. The number of nitrogens with zero attached hydrogens (tertiary/aromatic N) is 1. The molecule has 0 aromatic heterocycles. The lowest BCUT2D eigenvalue weighted by Crippen LogP contribution is -2.54. The van der Waals surface area contributed by atoms with Gasteiger partial charge in [-0.2, -0.15) is 0 Å². The largest absolute Gasteiger partial charge is 0.344 e. The lowest BCUT2D eigenvalue weighted by atomic mass is 9.69. The van der Waals surface area contributed by atoms with Crippen LogP contribution in [0.1, 0.15) is 84.6 Å². The van der Waals surface area contributed by atoms with Crippen molar-refractivity contribution >= 4 is 11.8 Å². The fraction of sp³-hybridized carbons (Fsp3) is 0.704. The Morgan fingerprint density at radius 1 is 0.969 bits per heavy atom. The van der Waals surface area contributed by atoms with Gasteiger partial charge in [-0.05, 0) is 79.4 Å². The van der Waals surface area contributed by atoms with Crippen molar-refractivity contribution in [1.82, 2.24) is 10.2 Å². The average molecular weight is 445 g/mol. The molecular weight excluding hydrogens is 403 g/mol. The Balaban J connectivity index is 1.53. The van der Waals surface area contributed by atoms with Crippen LogP contribution in [0.25, 0.3) is 0 Å². The zero-order chi connectivity index (χ0) is 23.5. The Morgan fingerprint density at radius 2 is 1.53 bits per heavy atom. The standard InChI is InChI=1S/C27H41FN2O2/c1-18(2)24(29-25(31)21-6-10-22(11-7-21)27(3,4)5)26(32)30-16-14-20(15-17-30)19-8-12-23(28)13-9-19/h8-9,12-13,18,20-22,24H,6-7,10-11,14-17H2,1-5H3,(H,29,31). The Kier molecular flexibility index (Phi) is 8.00. The van der Waals surface area contributed by atoms with Gasteiger partial charge < -0.3 is 10.2 Å². The zero-order valence-electron chi connectivity index (χ0n) is 20.5. The Morgan fingerprint density at radius 3 is 2.03 bits per heavy atom. The number of likely N-dealkylation sites (tertiary alicyclic amines) is 1. The Hall–Kier alpha value is -1.91. The molecule has 32 heavy (non-hydrogen) atoms. The smallest absolute Gasteiger partial charge is 0.245 e. The van der Waals surface area contributed by atoms with Crippen LogP contribution in [0.4, 0.5) is 4.39 Å². The van der Waals surface area contributed by atoms with E-state index in [0.717, 1.165) is 44.1 Å². The van der Waals surface area contributed by atoms with E-state index < -0.39 is 6.04 Å². The van der Waals surface area contributed by atoms with Crippen LogP contribution < -0.4 is 5.32 Å². The molecule has 1 heterocycles. The van der Waals surface area contributed by atoms with Gasteiger partial charge in [0.25, 0.3) is 0 Å². The summed E-state index contributed by atoms with van der Waals surface area (Å²) in [5.74, 6) is 0.948. The van der Waals surface area contributed by atoms with E-state index in [-0.39, 0.29) is 34.9 Å². The minimum absolute atomic E-state index is 0.0202. The minimum atomic E-state index is -0.467. The molecule has 2 aliphatic rings. The molecule has 1 aromatic carbocycles. The number of piperidine rings is 1. The number of nitrogens with one attached hydrogen (secondary N) is 1. The number of rotatable bonds is 5. The highest BCUT2D eigenvalue weighted by Crippen LogP contribution is 2.40. The highest BCUT2D eigenvalue weighted by molar-refractivity contribution is 5.88. The number of hydrogen-bond acceptors (Lipinski definition) is 2. The van der Waals surface area contributed by atoms with Crippen LogP contribution in [0.5, 0.6) is 0 Å². The maximum Gasteiger partial charge on any atom is 0.245 e. The van der Waals surface area contributed by atoms with Gasteiger partial charge in [-0.3, -0.25) is 9.59 Å². The molecule has 1 aliphatic carbocycles. The number of halogens is 1. The quantitative estimate of drug-likeness (QED) is 0.650. The summed E-state index contributed by atoms with van der Waals surface area (Å²) in [5.41, 5.74) is 1.43. The number of benzene rings is 1. The van der Waals surface area contributed by atoms with Crippen molar-refractivity contribution in [2.75, 3.05) is 13.1 Å². The van der Waals surface area contributed by atoms with Gasteiger partial charge in [-0.1, -0.05) is 46.8 Å². The molecule has 0 spiro atoms. The van der Waals surface area contributed by atoms with Crippen LogP contribution in [0, 0.1) is 29.0 Å². The normalized spacial score (nSPS) is 23.8. The molecule has 2 fully saturated rings. The Labute approximate surface area is 193 Å². The molecule has 1 unspecified atom stereocenters. The molecular formula is C27H41FN2O2. The Bertz CT molecular complexity index is 768. The van der Waals surface area contributed by atoms with E-state index in [2.05, 4.69) is 26.1 Å². The van der Waals surface area contributed by atoms with Crippen LogP contribution in [0.15, 0.2) is 24.3 Å². The SMILES string of the molecule is CC(C)C(NC(=O)C1CCC(C(C)(C)C)CC1)C(=O)N1CCC(c2ccc(F)cc2)CC1. The molecule has 4 nitrogen and oxygen atoms in total. The van der Waals surface area contributed by atoms with Crippen molar-refractivity contribution < 1.29 is 14.0 Å². The summed E-state index contributed by atoms with van der Waals surface area (Å²) in [6.07, 6.45) is 5.73. The summed E-state index contributed by atoms with van der Waals surface area (Å²) < 4.78 is 13.2. The highest BCUT2D eigenvalue weighted by atomic mass is 19.1. The summed E-state index contributed by atoms with van der Waals surface area (Å²) in [6.45, 7) is 12.2. The first-order valence-electron chi connectivity index (χ1n) is 12.4. The zero-order valence-corrected chi connectivity index (χ0v) is 20.5. The van der Waals surface area contributed by atoms with Crippen LogP contribution in [0.3, 0.4) is 0 Å². The van der Waals surface area contributed by atoms with Gasteiger partial charge >= 0.3 is 0 Å². The molecule has 1 aliphatic heterocycles. The first-order valence-corrected chi connectivity index (χ1v) is 12.4. The summed E-state index contributed by atoms with van der Waals surface area (Å²) >= 11 is 0. The van der Waals surface area contributed by atoms with E-state index in [1.165, 1.54) is 12.1 Å². The first kappa shape index (κ1) is 24.7. The number of amides is 2. The third-order valence-electron chi connectivity index (χ3n) is 7.70. The third-order valence-corrected chi connectivity index (χ3v) is 7.70. The number of hydrogen-bond donors (Lipinski definition) is 1. The second-order valence-corrected chi connectivity index (χ2v) is 11.3. The highest BCUT2D eigenvalue weighted by Gasteiger charge is 2.36. The molecule has 3 rings (SSSR count). The number of carbonyl (C=O) groups is 2. The summed E-state index contributed by atoms with van der Waals surface area (Å²) in [4.78, 5) is 28.2. The first-order chi connectivity index (χ1) is 15.1. The minimum Gasteiger partial charge on any atom is -0.344 e. The molecule has 1 atom stereocenters. The van der Waals surface area contributed by atoms with Crippen LogP contribution in [-0.4, -0.2) is 35.8 Å². The predicted octanol–water partition coefficient (Wildman–Crippen LogP) is 5.53.